The molecule has 2 rings (SSSR count). The molecule has 0 radical (unpaired) electrons. The van der Waals surface area contributed by atoms with E-state index in [2.05, 4.69) is 27.0 Å². The van der Waals surface area contributed by atoms with Crippen molar-refractivity contribution in [2.45, 2.75) is 6.42 Å². The lowest BCUT2D eigenvalue weighted by Gasteiger charge is -1.88. The Bertz CT molecular complexity index is 586. The Kier molecular flexibility index (Phi) is 3.14. The zero-order chi connectivity index (χ0) is 11.4. The number of hydrogen-bond acceptors (Lipinski definition) is 5. The third-order valence-corrected chi connectivity index (χ3v) is 2.61. The molecule has 0 fully saturated rings. The van der Waals surface area contributed by atoms with Gasteiger partial charge in [-0.25, -0.2) is 19.4 Å². The average Bonchev–Trinajstić information content (AvgIpc) is 2.87. The first kappa shape index (κ1) is 10.6. The minimum atomic E-state index is -0.329. The summed E-state index contributed by atoms with van der Waals surface area (Å²) in [7, 11) is 0. The zero-order valence-electron chi connectivity index (χ0n) is 8.17. The van der Waals surface area contributed by atoms with Gasteiger partial charge in [0.25, 0.3) is 0 Å². The molecule has 0 atom stereocenters. The van der Waals surface area contributed by atoms with Crippen LogP contribution in [0.5, 0.6) is 0 Å². The summed E-state index contributed by atoms with van der Waals surface area (Å²) in [6.07, 6.45) is 3.38. The molecule has 0 saturated carbocycles. The van der Waals surface area contributed by atoms with Crippen LogP contribution in [0.15, 0.2) is 17.3 Å². The molecular weight excluding hydrogens is 228 g/mol. The largest absolute Gasteiger partial charge is 0.395 e. The van der Waals surface area contributed by atoms with Crippen LogP contribution >= 0.6 is 11.3 Å². The van der Waals surface area contributed by atoms with Gasteiger partial charge in [0.05, 0.1) is 17.7 Å². The Morgan fingerprint density at radius 3 is 3.19 bits per heavy atom. The number of nitrogens with one attached hydrogen (secondary N) is 1. The Morgan fingerprint density at radius 2 is 2.50 bits per heavy atom. The number of H-pyrrole nitrogens is 1. The van der Waals surface area contributed by atoms with Crippen LogP contribution in [0.1, 0.15) is 11.3 Å². The van der Waals surface area contributed by atoms with Crippen LogP contribution in [0, 0.1) is 11.8 Å². The Hall–Kier alpha value is -1.91. The molecule has 6 nitrogen and oxygen atoms in total. The summed E-state index contributed by atoms with van der Waals surface area (Å²) in [6.45, 7) is 0.0415. The van der Waals surface area contributed by atoms with Crippen LogP contribution in [0.25, 0.3) is 5.13 Å². The van der Waals surface area contributed by atoms with E-state index in [0.717, 1.165) is 4.88 Å². The number of nitrogens with zero attached hydrogens (tertiary/aromatic N) is 3. The van der Waals surface area contributed by atoms with Crippen molar-refractivity contribution >= 4 is 11.3 Å². The Labute approximate surface area is 94.6 Å². The lowest BCUT2D eigenvalue weighted by Crippen LogP contribution is -2.13. The molecule has 16 heavy (non-hydrogen) atoms. The van der Waals surface area contributed by atoms with Crippen molar-refractivity contribution in [3.63, 3.8) is 0 Å². The molecule has 0 amide bonds. The summed E-state index contributed by atoms with van der Waals surface area (Å²) in [4.78, 5) is 16.0. The van der Waals surface area contributed by atoms with Crippen molar-refractivity contribution in [1.29, 1.82) is 0 Å². The summed E-state index contributed by atoms with van der Waals surface area (Å²) >= 11 is 1.29. The van der Waals surface area contributed by atoms with Crippen LogP contribution in [-0.2, 0) is 0 Å². The highest BCUT2D eigenvalue weighted by Gasteiger charge is 2.05. The van der Waals surface area contributed by atoms with Crippen LogP contribution in [0.2, 0.25) is 0 Å². The summed E-state index contributed by atoms with van der Waals surface area (Å²) in [5, 5.41) is 15.0. The second kappa shape index (κ2) is 4.74. The second-order valence-corrected chi connectivity index (χ2v) is 3.82. The summed E-state index contributed by atoms with van der Waals surface area (Å²) in [5.74, 6) is 5.63. The molecule has 2 N–H and O–H groups in total. The third-order valence-electron chi connectivity index (χ3n) is 1.70. The van der Waals surface area contributed by atoms with E-state index in [0.29, 0.717) is 11.6 Å². The fourth-order valence-electron chi connectivity index (χ4n) is 1.02. The molecule has 0 spiro atoms. The molecule has 0 bridgehead atoms. The fourth-order valence-corrected chi connectivity index (χ4v) is 1.78. The predicted octanol–water partition coefficient (Wildman–Crippen LogP) is -0.249. The summed E-state index contributed by atoms with van der Waals surface area (Å²) < 4.78 is 1.31. The molecule has 2 heterocycles. The molecule has 0 unspecified atom stereocenters. The van der Waals surface area contributed by atoms with Gasteiger partial charge in [-0.15, -0.1) is 0 Å². The number of hydrogen-bond donors (Lipinski definition) is 2. The second-order valence-electron chi connectivity index (χ2n) is 2.81. The van der Waals surface area contributed by atoms with Gasteiger partial charge < -0.3 is 5.11 Å². The SMILES string of the molecule is O=c1[nH]ncn1-c1ncc(C#CCCO)s1. The highest BCUT2D eigenvalue weighted by Crippen LogP contribution is 2.13. The molecule has 0 aromatic carbocycles. The minimum absolute atomic E-state index is 0.0415. The van der Waals surface area contributed by atoms with Crippen LogP contribution in [0.3, 0.4) is 0 Å². The van der Waals surface area contributed by atoms with E-state index in [4.69, 9.17) is 5.11 Å². The molecule has 2 aromatic heterocycles. The first-order chi connectivity index (χ1) is 7.81. The minimum Gasteiger partial charge on any atom is -0.395 e. The van der Waals surface area contributed by atoms with Gasteiger partial charge in [-0.3, -0.25) is 0 Å². The molecule has 0 saturated heterocycles. The van der Waals surface area contributed by atoms with Crippen molar-refractivity contribution in [3.05, 3.63) is 27.9 Å². The van der Waals surface area contributed by atoms with Crippen molar-refractivity contribution in [2.24, 2.45) is 0 Å². The zero-order valence-corrected chi connectivity index (χ0v) is 8.99. The fraction of sp³-hybridized carbons (Fsp3) is 0.222. The monoisotopic (exact) mass is 236 g/mol. The van der Waals surface area contributed by atoms with Gasteiger partial charge in [-0.2, -0.15) is 5.10 Å². The van der Waals surface area contributed by atoms with Crippen molar-refractivity contribution < 1.29 is 5.11 Å². The van der Waals surface area contributed by atoms with E-state index < -0.39 is 0 Å². The van der Waals surface area contributed by atoms with E-state index in [9.17, 15) is 4.79 Å². The number of aromatic nitrogens is 4. The van der Waals surface area contributed by atoms with Gasteiger partial charge in [-0.1, -0.05) is 23.2 Å². The normalized spacial score (nSPS) is 9.81. The Morgan fingerprint density at radius 1 is 1.62 bits per heavy atom. The first-order valence-electron chi connectivity index (χ1n) is 4.49. The number of rotatable bonds is 2. The van der Waals surface area contributed by atoms with Crippen LogP contribution in [0.4, 0.5) is 0 Å². The number of thiazole rings is 1. The molecular formula is C9H8N4O2S. The van der Waals surface area contributed by atoms with E-state index in [1.807, 2.05) is 0 Å². The summed E-state index contributed by atoms with van der Waals surface area (Å²) in [5.41, 5.74) is -0.329. The van der Waals surface area contributed by atoms with Crippen LogP contribution < -0.4 is 5.69 Å². The van der Waals surface area contributed by atoms with Gasteiger partial charge in [0.15, 0.2) is 5.13 Å². The molecule has 0 aliphatic carbocycles. The highest BCUT2D eigenvalue weighted by atomic mass is 32.1. The molecule has 0 aliphatic rings. The maximum Gasteiger partial charge on any atom is 0.349 e. The topological polar surface area (TPSA) is 83.8 Å². The number of aromatic amines is 1. The van der Waals surface area contributed by atoms with Gasteiger partial charge in [0.2, 0.25) is 0 Å². The highest BCUT2D eigenvalue weighted by molar-refractivity contribution is 7.14. The van der Waals surface area contributed by atoms with Crippen molar-refractivity contribution in [3.8, 4) is 17.0 Å². The number of aliphatic hydroxyl groups excluding tert-OH is 1. The first-order valence-corrected chi connectivity index (χ1v) is 5.31. The van der Waals surface area contributed by atoms with Gasteiger partial charge in [-0.05, 0) is 0 Å². The standard InChI is InChI=1S/C9H8N4O2S/c14-4-2-1-3-7-5-10-9(16-7)13-6-11-12-8(13)15/h5-6,14H,2,4H2,(H,12,15). The quantitative estimate of drug-likeness (QED) is 0.704. The lowest BCUT2D eigenvalue weighted by atomic mass is 10.4. The van der Waals surface area contributed by atoms with Crippen LogP contribution in [-0.4, -0.2) is 31.5 Å². The Balaban J connectivity index is 2.25. The molecule has 7 heteroatoms. The summed E-state index contributed by atoms with van der Waals surface area (Å²) in [6, 6.07) is 0. The van der Waals surface area contributed by atoms with Gasteiger partial charge in [0, 0.05) is 6.42 Å². The maximum absolute atomic E-state index is 11.2. The third kappa shape index (κ3) is 2.18. The van der Waals surface area contributed by atoms with Crippen molar-refractivity contribution in [1.82, 2.24) is 19.7 Å². The maximum atomic E-state index is 11.2. The molecule has 82 valence electrons. The van der Waals surface area contributed by atoms with E-state index >= 15 is 0 Å². The number of aliphatic hydroxyl groups is 1. The van der Waals surface area contributed by atoms with Gasteiger partial charge in [0.1, 0.15) is 6.33 Å². The smallest absolute Gasteiger partial charge is 0.349 e. The van der Waals surface area contributed by atoms with E-state index in [1.54, 1.807) is 6.20 Å². The average molecular weight is 236 g/mol. The van der Waals surface area contributed by atoms with E-state index in [1.165, 1.54) is 22.2 Å². The van der Waals surface area contributed by atoms with Gasteiger partial charge >= 0.3 is 5.69 Å². The predicted molar refractivity (Wildman–Crippen MR) is 58.4 cm³/mol. The van der Waals surface area contributed by atoms with E-state index in [-0.39, 0.29) is 12.3 Å². The molecule has 0 aliphatic heterocycles. The lowest BCUT2D eigenvalue weighted by molar-refractivity contribution is 0.305. The van der Waals surface area contributed by atoms with Crippen molar-refractivity contribution in [2.75, 3.05) is 6.61 Å². The molecule has 2 aromatic rings.